The summed E-state index contributed by atoms with van der Waals surface area (Å²) in [6.07, 6.45) is 0.695. The van der Waals surface area contributed by atoms with Gasteiger partial charge in [0.25, 0.3) is 5.91 Å². The lowest BCUT2D eigenvalue weighted by Crippen LogP contribution is -2.36. The fourth-order valence-electron chi connectivity index (χ4n) is 3.38. The van der Waals surface area contributed by atoms with E-state index < -0.39 is 5.82 Å². The minimum atomic E-state index is -0.593. The summed E-state index contributed by atoms with van der Waals surface area (Å²) in [6, 6.07) is 10.1. The molecular formula is C19H16ClFN2O2. The lowest BCUT2D eigenvalue weighted by atomic mass is 10.0. The van der Waals surface area contributed by atoms with Gasteiger partial charge in [-0.1, -0.05) is 17.7 Å². The molecule has 0 atom stereocenters. The van der Waals surface area contributed by atoms with Crippen LogP contribution in [0.3, 0.4) is 0 Å². The summed E-state index contributed by atoms with van der Waals surface area (Å²) < 4.78 is 19.3. The maximum atomic E-state index is 14.0. The lowest BCUT2D eigenvalue weighted by Gasteiger charge is -2.27. The zero-order valence-corrected chi connectivity index (χ0v) is 14.4. The first-order valence-electron chi connectivity index (χ1n) is 7.99. The highest BCUT2D eigenvalue weighted by atomic mass is 35.5. The molecule has 4 nitrogen and oxygen atoms in total. The third-order valence-electron chi connectivity index (χ3n) is 4.65. The minimum absolute atomic E-state index is 0.0644. The number of ether oxygens (including phenoxy) is 1. The van der Waals surface area contributed by atoms with Crippen LogP contribution in [0.25, 0.3) is 10.9 Å². The van der Waals surface area contributed by atoms with Gasteiger partial charge in [-0.05, 0) is 42.3 Å². The molecule has 1 aliphatic rings. The number of hydrogen-bond acceptors (Lipinski definition) is 2. The van der Waals surface area contributed by atoms with Crippen molar-refractivity contribution in [3.05, 3.63) is 64.1 Å². The Morgan fingerprint density at radius 3 is 2.92 bits per heavy atom. The number of hydrogen-bond donors (Lipinski definition) is 1. The van der Waals surface area contributed by atoms with Crippen molar-refractivity contribution in [2.45, 2.75) is 13.0 Å². The van der Waals surface area contributed by atoms with Crippen LogP contribution in [-0.2, 0) is 13.0 Å². The minimum Gasteiger partial charge on any atom is -0.497 e. The first-order chi connectivity index (χ1) is 12.1. The van der Waals surface area contributed by atoms with Crippen LogP contribution in [0.4, 0.5) is 4.39 Å². The molecule has 0 fully saturated rings. The number of amides is 1. The Morgan fingerprint density at radius 2 is 2.16 bits per heavy atom. The van der Waals surface area contributed by atoms with Crippen LogP contribution in [0, 0.1) is 5.82 Å². The van der Waals surface area contributed by atoms with E-state index in [2.05, 4.69) is 4.98 Å². The van der Waals surface area contributed by atoms with Gasteiger partial charge < -0.3 is 14.6 Å². The van der Waals surface area contributed by atoms with Gasteiger partial charge in [-0.3, -0.25) is 4.79 Å². The van der Waals surface area contributed by atoms with Gasteiger partial charge in [0.15, 0.2) is 0 Å². The normalized spacial score (nSPS) is 13.8. The Kier molecular flexibility index (Phi) is 3.88. The van der Waals surface area contributed by atoms with Crippen LogP contribution >= 0.6 is 11.6 Å². The molecule has 1 aliphatic heterocycles. The van der Waals surface area contributed by atoms with E-state index in [0.717, 1.165) is 22.3 Å². The molecule has 0 saturated carbocycles. The number of nitrogens with one attached hydrogen (secondary N) is 1. The average Bonchev–Trinajstić information content (AvgIpc) is 2.98. The Labute approximate surface area is 149 Å². The molecule has 1 N–H and O–H groups in total. The summed E-state index contributed by atoms with van der Waals surface area (Å²) >= 11 is 6.03. The van der Waals surface area contributed by atoms with Gasteiger partial charge in [-0.2, -0.15) is 0 Å². The van der Waals surface area contributed by atoms with E-state index >= 15 is 0 Å². The van der Waals surface area contributed by atoms with Crippen molar-refractivity contribution in [2.24, 2.45) is 0 Å². The second kappa shape index (κ2) is 6.08. The average molecular weight is 359 g/mol. The van der Waals surface area contributed by atoms with Gasteiger partial charge in [-0.25, -0.2) is 4.39 Å². The molecule has 0 aliphatic carbocycles. The molecule has 4 rings (SSSR count). The number of halogens is 2. The van der Waals surface area contributed by atoms with E-state index in [4.69, 9.17) is 16.3 Å². The van der Waals surface area contributed by atoms with E-state index in [1.807, 2.05) is 18.2 Å². The SMILES string of the molecule is COc1ccc2[nH]c3c(c2c1)CCN(C(=O)c1c(F)cccc1Cl)C3. The van der Waals surface area contributed by atoms with E-state index in [-0.39, 0.29) is 16.5 Å². The highest BCUT2D eigenvalue weighted by molar-refractivity contribution is 6.33. The van der Waals surface area contributed by atoms with Crippen molar-refractivity contribution in [1.29, 1.82) is 0 Å². The number of fused-ring (bicyclic) bond motifs is 3. The smallest absolute Gasteiger partial charge is 0.258 e. The topological polar surface area (TPSA) is 45.3 Å². The molecule has 0 unspecified atom stereocenters. The third kappa shape index (κ3) is 2.65. The second-order valence-corrected chi connectivity index (χ2v) is 6.47. The monoisotopic (exact) mass is 358 g/mol. The van der Waals surface area contributed by atoms with Crippen LogP contribution in [0.1, 0.15) is 21.6 Å². The second-order valence-electron chi connectivity index (χ2n) is 6.07. The number of H-pyrrole nitrogens is 1. The molecule has 6 heteroatoms. The van der Waals surface area contributed by atoms with Crippen molar-refractivity contribution in [3.63, 3.8) is 0 Å². The van der Waals surface area contributed by atoms with E-state index in [1.165, 1.54) is 23.8 Å². The summed E-state index contributed by atoms with van der Waals surface area (Å²) in [5.74, 6) is -0.180. The number of carbonyl (C=O) groups excluding carboxylic acids is 1. The molecule has 0 bridgehead atoms. The van der Waals surface area contributed by atoms with E-state index in [1.54, 1.807) is 12.0 Å². The van der Waals surface area contributed by atoms with E-state index in [9.17, 15) is 9.18 Å². The summed E-state index contributed by atoms with van der Waals surface area (Å²) in [6.45, 7) is 0.913. The molecule has 0 spiro atoms. The Morgan fingerprint density at radius 1 is 1.32 bits per heavy atom. The molecule has 25 heavy (non-hydrogen) atoms. The quantitative estimate of drug-likeness (QED) is 0.747. The number of rotatable bonds is 2. The first-order valence-corrected chi connectivity index (χ1v) is 8.37. The van der Waals surface area contributed by atoms with Crippen molar-refractivity contribution < 1.29 is 13.9 Å². The third-order valence-corrected chi connectivity index (χ3v) is 4.96. The van der Waals surface area contributed by atoms with Crippen molar-refractivity contribution in [1.82, 2.24) is 9.88 Å². The zero-order valence-electron chi connectivity index (χ0n) is 13.6. The maximum absolute atomic E-state index is 14.0. The molecule has 128 valence electrons. The Bertz CT molecular complexity index is 963. The first kappa shape index (κ1) is 16.0. The van der Waals surface area contributed by atoms with E-state index in [0.29, 0.717) is 19.5 Å². The van der Waals surface area contributed by atoms with Gasteiger partial charge in [-0.15, -0.1) is 0 Å². The molecule has 1 amide bonds. The number of benzene rings is 2. The Hall–Kier alpha value is -2.53. The number of aromatic nitrogens is 1. The predicted molar refractivity (Wildman–Crippen MR) is 94.7 cm³/mol. The highest BCUT2D eigenvalue weighted by Gasteiger charge is 2.27. The number of nitrogens with zero attached hydrogens (tertiary/aromatic N) is 1. The van der Waals surface area contributed by atoms with Crippen molar-refractivity contribution >= 4 is 28.4 Å². The molecule has 1 aromatic heterocycles. The Balaban J connectivity index is 1.68. The fourth-order valence-corrected chi connectivity index (χ4v) is 3.62. The largest absolute Gasteiger partial charge is 0.497 e. The van der Waals surface area contributed by atoms with Crippen molar-refractivity contribution in [2.75, 3.05) is 13.7 Å². The predicted octanol–water partition coefficient (Wildman–Crippen LogP) is 4.17. The zero-order chi connectivity index (χ0) is 17.6. The van der Waals surface area contributed by atoms with Crippen LogP contribution in [-0.4, -0.2) is 29.4 Å². The fraction of sp³-hybridized carbons (Fsp3) is 0.211. The van der Waals surface area contributed by atoms with Crippen LogP contribution in [0.5, 0.6) is 5.75 Å². The molecule has 2 heterocycles. The molecular weight excluding hydrogens is 343 g/mol. The molecule has 0 radical (unpaired) electrons. The molecule has 3 aromatic rings. The standard InChI is InChI=1S/C19H16ClFN2O2/c1-25-11-5-6-16-13(9-11)12-7-8-23(10-17(12)22-16)19(24)18-14(20)3-2-4-15(18)21/h2-6,9,22H,7-8,10H2,1H3. The van der Waals surface area contributed by atoms with Gasteiger partial charge in [0.2, 0.25) is 0 Å². The summed E-state index contributed by atoms with van der Waals surface area (Å²) in [7, 11) is 1.64. The molecule has 0 saturated heterocycles. The molecule has 2 aromatic carbocycles. The maximum Gasteiger partial charge on any atom is 0.258 e. The van der Waals surface area contributed by atoms with Crippen LogP contribution in [0.2, 0.25) is 5.02 Å². The summed E-state index contributed by atoms with van der Waals surface area (Å²) in [5.41, 5.74) is 3.09. The van der Waals surface area contributed by atoms with Gasteiger partial charge in [0, 0.05) is 23.1 Å². The van der Waals surface area contributed by atoms with Crippen molar-refractivity contribution in [3.8, 4) is 5.75 Å². The summed E-state index contributed by atoms with van der Waals surface area (Å²) in [4.78, 5) is 17.7. The number of aromatic amines is 1. The van der Waals surface area contributed by atoms with Gasteiger partial charge >= 0.3 is 0 Å². The lowest BCUT2D eigenvalue weighted by molar-refractivity contribution is 0.0728. The summed E-state index contributed by atoms with van der Waals surface area (Å²) in [5, 5.41) is 1.24. The van der Waals surface area contributed by atoms with Crippen LogP contribution < -0.4 is 4.74 Å². The van der Waals surface area contributed by atoms with Gasteiger partial charge in [0.1, 0.15) is 11.6 Å². The number of methoxy groups -OCH3 is 1. The van der Waals surface area contributed by atoms with Gasteiger partial charge in [0.05, 0.1) is 24.2 Å². The van der Waals surface area contributed by atoms with Crippen LogP contribution in [0.15, 0.2) is 36.4 Å². The highest BCUT2D eigenvalue weighted by Crippen LogP contribution is 2.31. The number of carbonyl (C=O) groups is 1.